The third-order valence-corrected chi connectivity index (χ3v) is 5.38. The highest BCUT2D eigenvalue weighted by molar-refractivity contribution is 14.0. The minimum Gasteiger partial charge on any atom is -0.356 e. The van der Waals surface area contributed by atoms with Crippen molar-refractivity contribution >= 4 is 29.9 Å². The van der Waals surface area contributed by atoms with Crippen LogP contribution in [0.2, 0.25) is 0 Å². The molecule has 29 heavy (non-hydrogen) atoms. The summed E-state index contributed by atoms with van der Waals surface area (Å²) < 4.78 is 13.1. The van der Waals surface area contributed by atoms with Gasteiger partial charge in [-0.15, -0.1) is 24.0 Å². The number of hydrogen-bond acceptors (Lipinski definition) is 2. The largest absolute Gasteiger partial charge is 0.356 e. The summed E-state index contributed by atoms with van der Waals surface area (Å²) in [5.74, 6) is 1.32. The Balaban J connectivity index is 0.00000300. The molecule has 1 aliphatic heterocycles. The zero-order valence-corrected chi connectivity index (χ0v) is 19.7. The fourth-order valence-corrected chi connectivity index (χ4v) is 3.77. The normalized spacial score (nSPS) is 17.1. The smallest absolute Gasteiger partial charge is 0.193 e. The zero-order valence-electron chi connectivity index (χ0n) is 17.4. The van der Waals surface area contributed by atoms with Gasteiger partial charge in [-0.05, 0) is 48.6 Å². The van der Waals surface area contributed by atoms with Crippen LogP contribution in [0.5, 0.6) is 0 Å². The van der Waals surface area contributed by atoms with Crippen molar-refractivity contribution in [3.8, 4) is 0 Å². The molecular weight excluding hydrogens is 478 g/mol. The van der Waals surface area contributed by atoms with E-state index in [1.165, 1.54) is 30.7 Å². The van der Waals surface area contributed by atoms with Gasteiger partial charge in [0, 0.05) is 40.3 Å². The van der Waals surface area contributed by atoms with Crippen molar-refractivity contribution in [3.05, 3.63) is 71.5 Å². The second-order valence-corrected chi connectivity index (χ2v) is 7.60. The number of benzene rings is 2. The molecule has 0 saturated carbocycles. The number of guanidine groups is 1. The van der Waals surface area contributed by atoms with Gasteiger partial charge in [-0.1, -0.05) is 42.5 Å². The van der Waals surface area contributed by atoms with Crippen molar-refractivity contribution in [2.24, 2.45) is 10.9 Å². The molecule has 1 atom stereocenters. The van der Waals surface area contributed by atoms with Gasteiger partial charge in [-0.25, -0.2) is 4.39 Å². The van der Waals surface area contributed by atoms with E-state index in [-0.39, 0.29) is 29.8 Å². The Hall–Kier alpha value is -1.67. The number of halogens is 2. The second kappa shape index (κ2) is 12.1. The van der Waals surface area contributed by atoms with Crippen molar-refractivity contribution < 1.29 is 4.39 Å². The van der Waals surface area contributed by atoms with Gasteiger partial charge >= 0.3 is 0 Å². The van der Waals surface area contributed by atoms with Crippen molar-refractivity contribution in [3.63, 3.8) is 0 Å². The summed E-state index contributed by atoms with van der Waals surface area (Å²) in [7, 11) is 3.82. The fraction of sp³-hybridized carbons (Fsp3) is 0.435. The third-order valence-electron chi connectivity index (χ3n) is 5.38. The molecule has 0 radical (unpaired) electrons. The fourth-order valence-electron chi connectivity index (χ4n) is 3.77. The molecule has 0 amide bonds. The maximum absolute atomic E-state index is 13.1. The zero-order chi connectivity index (χ0) is 19.8. The molecule has 1 saturated heterocycles. The summed E-state index contributed by atoms with van der Waals surface area (Å²) in [5, 5.41) is 3.51. The minimum absolute atomic E-state index is 0. The number of hydrogen-bond donors (Lipinski definition) is 1. The van der Waals surface area contributed by atoms with Crippen molar-refractivity contribution in [1.29, 1.82) is 0 Å². The Bertz CT molecular complexity index is 751. The Morgan fingerprint density at radius 3 is 2.55 bits per heavy atom. The molecule has 1 fully saturated rings. The van der Waals surface area contributed by atoms with Crippen molar-refractivity contribution in [1.82, 2.24) is 15.1 Å². The first kappa shape index (κ1) is 23.6. The van der Waals surface area contributed by atoms with Gasteiger partial charge < -0.3 is 15.1 Å². The number of nitrogens with zero attached hydrogens (tertiary/aromatic N) is 3. The van der Waals surface area contributed by atoms with Crippen LogP contribution in [0.4, 0.5) is 4.39 Å². The number of rotatable bonds is 7. The van der Waals surface area contributed by atoms with E-state index >= 15 is 0 Å². The molecular formula is C23H32FIN4. The summed E-state index contributed by atoms with van der Waals surface area (Å²) in [4.78, 5) is 9.04. The first-order valence-electron chi connectivity index (χ1n) is 10.1. The molecule has 1 N–H and O–H groups in total. The highest BCUT2D eigenvalue weighted by Gasteiger charge is 2.22. The Morgan fingerprint density at radius 1 is 1.14 bits per heavy atom. The quantitative estimate of drug-likeness (QED) is 0.347. The van der Waals surface area contributed by atoms with Gasteiger partial charge in [0.2, 0.25) is 0 Å². The summed E-state index contributed by atoms with van der Waals surface area (Å²) in [6, 6.07) is 17.3. The first-order chi connectivity index (χ1) is 13.6. The van der Waals surface area contributed by atoms with Gasteiger partial charge in [0.15, 0.2) is 5.96 Å². The van der Waals surface area contributed by atoms with E-state index in [1.54, 1.807) is 0 Å². The maximum atomic E-state index is 13.1. The van der Waals surface area contributed by atoms with E-state index in [4.69, 9.17) is 0 Å². The van der Waals surface area contributed by atoms with Gasteiger partial charge in [-0.3, -0.25) is 4.99 Å². The third kappa shape index (κ3) is 7.59. The molecule has 0 aliphatic carbocycles. The van der Waals surface area contributed by atoms with Crippen LogP contribution in [0.1, 0.15) is 17.5 Å². The first-order valence-corrected chi connectivity index (χ1v) is 10.1. The van der Waals surface area contributed by atoms with E-state index in [0.29, 0.717) is 12.5 Å². The van der Waals surface area contributed by atoms with Gasteiger partial charge in [0.05, 0.1) is 0 Å². The molecule has 3 rings (SSSR count). The topological polar surface area (TPSA) is 30.9 Å². The molecule has 0 aromatic heterocycles. The minimum atomic E-state index is -0.202. The molecule has 2 aromatic rings. The van der Waals surface area contributed by atoms with E-state index in [1.807, 2.05) is 26.2 Å². The van der Waals surface area contributed by atoms with Crippen LogP contribution < -0.4 is 5.32 Å². The second-order valence-electron chi connectivity index (χ2n) is 7.60. The van der Waals surface area contributed by atoms with Crippen LogP contribution in [-0.2, 0) is 13.0 Å². The summed E-state index contributed by atoms with van der Waals surface area (Å²) in [6.45, 7) is 5.07. The highest BCUT2D eigenvalue weighted by atomic mass is 127. The molecule has 0 bridgehead atoms. The van der Waals surface area contributed by atoms with Crippen LogP contribution in [-0.4, -0.2) is 56.0 Å². The molecule has 1 heterocycles. The van der Waals surface area contributed by atoms with E-state index in [2.05, 4.69) is 50.4 Å². The van der Waals surface area contributed by atoms with Gasteiger partial charge in [0.25, 0.3) is 0 Å². The van der Waals surface area contributed by atoms with Crippen LogP contribution in [0.3, 0.4) is 0 Å². The highest BCUT2D eigenvalue weighted by Crippen LogP contribution is 2.16. The predicted molar refractivity (Wildman–Crippen MR) is 129 cm³/mol. The van der Waals surface area contributed by atoms with Crippen LogP contribution >= 0.6 is 24.0 Å². The van der Waals surface area contributed by atoms with Gasteiger partial charge in [-0.2, -0.15) is 0 Å². The maximum Gasteiger partial charge on any atom is 0.193 e. The van der Waals surface area contributed by atoms with Crippen molar-refractivity contribution in [2.45, 2.75) is 19.4 Å². The van der Waals surface area contributed by atoms with Crippen LogP contribution in [0.15, 0.2) is 59.6 Å². The molecule has 2 aromatic carbocycles. The molecule has 0 spiro atoms. The molecule has 1 aliphatic rings. The van der Waals surface area contributed by atoms with Crippen molar-refractivity contribution in [2.75, 3.05) is 40.3 Å². The predicted octanol–water partition coefficient (Wildman–Crippen LogP) is 4.02. The average Bonchev–Trinajstić information content (AvgIpc) is 3.17. The average molecular weight is 510 g/mol. The molecule has 4 nitrogen and oxygen atoms in total. The lowest BCUT2D eigenvalue weighted by Crippen LogP contribution is -2.41. The summed E-state index contributed by atoms with van der Waals surface area (Å²) in [5.41, 5.74) is 2.48. The van der Waals surface area contributed by atoms with E-state index in [9.17, 15) is 4.39 Å². The Labute approximate surface area is 191 Å². The lowest BCUT2D eigenvalue weighted by atomic mass is 10.1. The number of likely N-dealkylation sites (tertiary alicyclic amines) is 1. The lowest BCUT2D eigenvalue weighted by molar-refractivity contribution is 0.327. The Kier molecular flexibility index (Phi) is 9.87. The molecule has 1 unspecified atom stereocenters. The molecule has 158 valence electrons. The summed E-state index contributed by atoms with van der Waals surface area (Å²) in [6.07, 6.45) is 2.34. The Morgan fingerprint density at radius 2 is 1.86 bits per heavy atom. The standard InChI is InChI=1S/C23H31FN4.HI/c1-25-23(27(2)17-20-8-10-22(24)11-9-20)26-16-21-13-15-28(18-21)14-12-19-6-4-3-5-7-19;/h3-11,21H,12-18H2,1-2H3,(H,25,26);1H. The van der Waals surface area contributed by atoms with Crippen LogP contribution in [0.25, 0.3) is 0 Å². The monoisotopic (exact) mass is 510 g/mol. The number of nitrogens with one attached hydrogen (secondary N) is 1. The van der Waals surface area contributed by atoms with Gasteiger partial charge in [0.1, 0.15) is 5.82 Å². The SMILES string of the molecule is CN=C(NCC1CCN(CCc2ccccc2)C1)N(C)Cc1ccc(F)cc1.I. The van der Waals surface area contributed by atoms with Crippen LogP contribution in [0, 0.1) is 11.7 Å². The number of aliphatic imine (C=N–C) groups is 1. The lowest BCUT2D eigenvalue weighted by Gasteiger charge is -2.24. The van der Waals surface area contributed by atoms with E-state index in [0.717, 1.165) is 37.6 Å². The molecule has 6 heteroatoms. The summed E-state index contributed by atoms with van der Waals surface area (Å²) >= 11 is 0. The van der Waals surface area contributed by atoms with E-state index < -0.39 is 0 Å².